The zero-order valence-electron chi connectivity index (χ0n) is 11.2. The van der Waals surface area contributed by atoms with E-state index in [-0.39, 0.29) is 5.91 Å². The summed E-state index contributed by atoms with van der Waals surface area (Å²) in [6, 6.07) is 7.38. The number of carbonyl (C=O) groups excluding carboxylic acids is 1. The molecule has 0 aliphatic heterocycles. The summed E-state index contributed by atoms with van der Waals surface area (Å²) in [5.41, 5.74) is 0.701. The third-order valence-electron chi connectivity index (χ3n) is 2.54. The average Bonchev–Trinajstić information content (AvgIpc) is 2.36. The molecular formula is C13H21N3O2. The zero-order valence-corrected chi connectivity index (χ0v) is 11.2. The van der Waals surface area contributed by atoms with Gasteiger partial charge in [-0.25, -0.2) is 0 Å². The Balaban J connectivity index is 2.49. The van der Waals surface area contributed by atoms with Crippen LogP contribution in [-0.2, 0) is 4.79 Å². The minimum Gasteiger partial charge on any atom is -0.495 e. The van der Waals surface area contributed by atoms with Crippen LogP contribution in [0.3, 0.4) is 0 Å². The molecule has 5 heteroatoms. The van der Waals surface area contributed by atoms with Crippen LogP contribution in [0.5, 0.6) is 5.75 Å². The lowest BCUT2D eigenvalue weighted by Crippen LogP contribution is -2.34. The first kappa shape index (κ1) is 14.5. The Kier molecular flexibility index (Phi) is 6.18. The Labute approximate surface area is 108 Å². The van der Waals surface area contributed by atoms with Gasteiger partial charge >= 0.3 is 0 Å². The maximum atomic E-state index is 11.8. The van der Waals surface area contributed by atoms with Gasteiger partial charge in [0.25, 0.3) is 0 Å². The minimum absolute atomic E-state index is 0.0434. The van der Waals surface area contributed by atoms with E-state index in [1.165, 1.54) is 0 Å². The van der Waals surface area contributed by atoms with Crippen molar-refractivity contribution < 1.29 is 9.53 Å². The first-order chi connectivity index (χ1) is 8.67. The number of hydrogen-bond donors (Lipinski definition) is 2. The van der Waals surface area contributed by atoms with Crippen molar-refractivity contribution >= 4 is 11.6 Å². The molecule has 0 aliphatic rings. The number of carbonyl (C=O) groups is 1. The molecule has 0 spiro atoms. The molecule has 1 aromatic rings. The molecule has 100 valence electrons. The number of nitrogens with zero attached hydrogens (tertiary/aromatic N) is 1. The Morgan fingerprint density at radius 3 is 2.78 bits per heavy atom. The van der Waals surface area contributed by atoms with Gasteiger partial charge in [0.1, 0.15) is 5.75 Å². The summed E-state index contributed by atoms with van der Waals surface area (Å²) in [4.78, 5) is 13.8. The average molecular weight is 251 g/mol. The number of rotatable bonds is 7. The van der Waals surface area contributed by atoms with Crippen LogP contribution in [-0.4, -0.2) is 51.6 Å². The van der Waals surface area contributed by atoms with Crippen LogP contribution in [0.25, 0.3) is 0 Å². The lowest BCUT2D eigenvalue weighted by atomic mass is 10.3. The standard InChI is InChI=1S/C13H21N3O2/c1-14-8-9-16(2)10-13(17)15-11-6-4-5-7-12(11)18-3/h4-7,14H,8-10H2,1-3H3,(H,15,17). The van der Waals surface area contributed by atoms with Gasteiger partial charge in [0, 0.05) is 13.1 Å². The Bertz CT molecular complexity index is 382. The third kappa shape index (κ3) is 4.73. The largest absolute Gasteiger partial charge is 0.495 e. The predicted molar refractivity (Wildman–Crippen MR) is 73.0 cm³/mol. The van der Waals surface area contributed by atoms with Crippen molar-refractivity contribution in [1.82, 2.24) is 10.2 Å². The van der Waals surface area contributed by atoms with Crippen molar-refractivity contribution in [3.63, 3.8) is 0 Å². The Morgan fingerprint density at radius 2 is 2.11 bits per heavy atom. The maximum absolute atomic E-state index is 11.8. The first-order valence-electron chi connectivity index (χ1n) is 5.93. The second kappa shape index (κ2) is 7.68. The minimum atomic E-state index is -0.0434. The van der Waals surface area contributed by atoms with Crippen molar-refractivity contribution in [2.24, 2.45) is 0 Å². The van der Waals surface area contributed by atoms with Gasteiger partial charge in [0.15, 0.2) is 0 Å². The maximum Gasteiger partial charge on any atom is 0.238 e. The summed E-state index contributed by atoms with van der Waals surface area (Å²) in [6.07, 6.45) is 0. The van der Waals surface area contributed by atoms with Crippen LogP contribution in [0.1, 0.15) is 0 Å². The van der Waals surface area contributed by atoms with Gasteiger partial charge in [-0.2, -0.15) is 0 Å². The fourth-order valence-electron chi connectivity index (χ4n) is 1.56. The number of likely N-dealkylation sites (N-methyl/N-ethyl adjacent to an activating group) is 2. The van der Waals surface area contributed by atoms with Crippen LogP contribution in [0.4, 0.5) is 5.69 Å². The van der Waals surface area contributed by atoms with Gasteiger partial charge < -0.3 is 15.4 Å². The van der Waals surface area contributed by atoms with E-state index in [0.29, 0.717) is 18.0 Å². The van der Waals surface area contributed by atoms with Crippen LogP contribution < -0.4 is 15.4 Å². The molecular weight excluding hydrogens is 230 g/mol. The monoisotopic (exact) mass is 251 g/mol. The summed E-state index contributed by atoms with van der Waals surface area (Å²) in [6.45, 7) is 2.05. The highest BCUT2D eigenvalue weighted by Gasteiger charge is 2.09. The molecule has 0 aromatic heterocycles. The van der Waals surface area contributed by atoms with Crippen LogP contribution >= 0.6 is 0 Å². The molecule has 0 heterocycles. The molecule has 5 nitrogen and oxygen atoms in total. The molecule has 0 saturated carbocycles. The lowest BCUT2D eigenvalue weighted by Gasteiger charge is -2.16. The van der Waals surface area contributed by atoms with Crippen LogP contribution in [0.2, 0.25) is 0 Å². The molecule has 0 aliphatic carbocycles. The molecule has 0 radical (unpaired) electrons. The number of ether oxygens (including phenoxy) is 1. The second-order valence-electron chi connectivity index (χ2n) is 4.09. The van der Waals surface area contributed by atoms with Gasteiger partial charge in [-0.05, 0) is 26.2 Å². The highest BCUT2D eigenvalue weighted by molar-refractivity contribution is 5.93. The van der Waals surface area contributed by atoms with E-state index in [1.54, 1.807) is 7.11 Å². The molecule has 1 aromatic carbocycles. The van der Waals surface area contributed by atoms with E-state index >= 15 is 0 Å². The molecule has 18 heavy (non-hydrogen) atoms. The van der Waals surface area contributed by atoms with Crippen molar-refractivity contribution in [3.05, 3.63) is 24.3 Å². The van der Waals surface area contributed by atoms with Gasteiger partial charge in [0.05, 0.1) is 19.3 Å². The Hall–Kier alpha value is -1.59. The normalized spacial score (nSPS) is 10.4. The predicted octanol–water partition coefficient (Wildman–Crippen LogP) is 0.785. The van der Waals surface area contributed by atoms with E-state index in [9.17, 15) is 4.79 Å². The Morgan fingerprint density at radius 1 is 1.39 bits per heavy atom. The summed E-state index contributed by atoms with van der Waals surface area (Å²) < 4.78 is 5.18. The van der Waals surface area contributed by atoms with Crippen molar-refractivity contribution in [3.8, 4) is 5.75 Å². The molecule has 2 N–H and O–H groups in total. The fraction of sp³-hybridized carbons (Fsp3) is 0.462. The van der Waals surface area contributed by atoms with Gasteiger partial charge in [0.2, 0.25) is 5.91 Å². The molecule has 0 fully saturated rings. The smallest absolute Gasteiger partial charge is 0.238 e. The number of methoxy groups -OCH3 is 1. The highest BCUT2D eigenvalue weighted by Crippen LogP contribution is 2.22. The first-order valence-corrected chi connectivity index (χ1v) is 5.93. The lowest BCUT2D eigenvalue weighted by molar-refractivity contribution is -0.117. The summed E-state index contributed by atoms with van der Waals surface area (Å²) >= 11 is 0. The summed E-state index contributed by atoms with van der Waals surface area (Å²) in [5, 5.41) is 5.89. The van der Waals surface area contributed by atoms with Gasteiger partial charge in [-0.3, -0.25) is 9.69 Å². The van der Waals surface area contributed by atoms with Crippen molar-refractivity contribution in [2.45, 2.75) is 0 Å². The number of amides is 1. The molecule has 0 atom stereocenters. The van der Waals surface area contributed by atoms with E-state index in [0.717, 1.165) is 13.1 Å². The topological polar surface area (TPSA) is 53.6 Å². The zero-order chi connectivity index (χ0) is 13.4. The number of anilines is 1. The summed E-state index contributed by atoms with van der Waals surface area (Å²) in [7, 11) is 5.39. The quantitative estimate of drug-likeness (QED) is 0.752. The fourth-order valence-corrected chi connectivity index (χ4v) is 1.56. The summed E-state index contributed by atoms with van der Waals surface area (Å²) in [5.74, 6) is 0.627. The number of benzene rings is 1. The molecule has 0 bridgehead atoms. The van der Waals surface area contributed by atoms with E-state index in [4.69, 9.17) is 4.74 Å². The molecule has 1 amide bonds. The SMILES string of the molecule is CNCCN(C)CC(=O)Nc1ccccc1OC. The molecule has 1 rings (SSSR count). The molecule has 0 unspecified atom stereocenters. The highest BCUT2D eigenvalue weighted by atomic mass is 16.5. The van der Waals surface area contributed by atoms with E-state index < -0.39 is 0 Å². The molecule has 0 saturated heterocycles. The van der Waals surface area contributed by atoms with Crippen molar-refractivity contribution in [1.29, 1.82) is 0 Å². The van der Waals surface area contributed by atoms with Crippen LogP contribution in [0.15, 0.2) is 24.3 Å². The second-order valence-corrected chi connectivity index (χ2v) is 4.09. The van der Waals surface area contributed by atoms with Crippen LogP contribution in [0, 0.1) is 0 Å². The third-order valence-corrected chi connectivity index (χ3v) is 2.54. The van der Waals surface area contributed by atoms with E-state index in [2.05, 4.69) is 10.6 Å². The number of para-hydroxylation sites is 2. The number of nitrogens with one attached hydrogen (secondary N) is 2. The van der Waals surface area contributed by atoms with Crippen molar-refractivity contribution in [2.75, 3.05) is 46.2 Å². The van der Waals surface area contributed by atoms with Gasteiger partial charge in [-0.1, -0.05) is 12.1 Å². The number of hydrogen-bond acceptors (Lipinski definition) is 4. The van der Waals surface area contributed by atoms with Gasteiger partial charge in [-0.15, -0.1) is 0 Å². The van der Waals surface area contributed by atoms with E-state index in [1.807, 2.05) is 43.3 Å².